The van der Waals surface area contributed by atoms with E-state index < -0.39 is 27.8 Å². The van der Waals surface area contributed by atoms with Gasteiger partial charge in [0.05, 0.1) is 45.9 Å². The first-order valence-corrected chi connectivity index (χ1v) is 16.8. The average molecular weight is 680 g/mol. The number of pyridine rings is 2. The van der Waals surface area contributed by atoms with Crippen LogP contribution >= 0.6 is 11.3 Å². The molecule has 2 N–H and O–H groups in total. The van der Waals surface area contributed by atoms with Crippen LogP contribution in [0.2, 0.25) is 0 Å². The monoisotopic (exact) mass is 679 g/mol. The Labute approximate surface area is 274 Å². The smallest absolute Gasteiger partial charge is 0.409 e. The van der Waals surface area contributed by atoms with E-state index in [9.17, 15) is 18.0 Å². The van der Waals surface area contributed by atoms with Gasteiger partial charge in [0.15, 0.2) is 21.4 Å². The number of benzene rings is 2. The van der Waals surface area contributed by atoms with Gasteiger partial charge in [-0.25, -0.2) is 22.4 Å². The summed E-state index contributed by atoms with van der Waals surface area (Å²) in [5.74, 6) is -0.393. The Morgan fingerprint density at radius 3 is 2.43 bits per heavy atom. The number of nitrogens with one attached hydrogen (secondary N) is 2. The highest BCUT2D eigenvalue weighted by Crippen LogP contribution is 2.39. The number of hydrogen-bond donors (Lipinski definition) is 2. The Kier molecular flexibility index (Phi) is 10.3. The lowest BCUT2D eigenvalue weighted by atomic mass is 10.2. The van der Waals surface area contributed by atoms with E-state index in [4.69, 9.17) is 14.2 Å². The van der Waals surface area contributed by atoms with Gasteiger partial charge in [0, 0.05) is 55.8 Å². The number of methoxy groups -OCH3 is 2. The summed E-state index contributed by atoms with van der Waals surface area (Å²) in [6.07, 6.45) is 3.85. The molecule has 0 aliphatic rings. The van der Waals surface area contributed by atoms with Crippen molar-refractivity contribution < 1.29 is 36.6 Å². The molecule has 0 radical (unpaired) electrons. The Hall–Kier alpha value is -5.12. The van der Waals surface area contributed by atoms with Crippen LogP contribution in [-0.2, 0) is 25.9 Å². The lowest BCUT2D eigenvalue weighted by Gasteiger charge is -2.20. The number of thiophene rings is 1. The van der Waals surface area contributed by atoms with Crippen molar-refractivity contribution >= 4 is 54.9 Å². The molecule has 12 nitrogen and oxygen atoms in total. The van der Waals surface area contributed by atoms with Crippen LogP contribution in [0, 0.1) is 5.82 Å². The Bertz CT molecular complexity index is 2020. The van der Waals surface area contributed by atoms with Gasteiger partial charge in [-0.1, -0.05) is 12.1 Å². The third kappa shape index (κ3) is 8.38. The largest absolute Gasteiger partial charge is 0.453 e. The second kappa shape index (κ2) is 14.5. The molecule has 5 rings (SSSR count). The minimum Gasteiger partial charge on any atom is -0.453 e. The molecule has 0 spiro atoms. The summed E-state index contributed by atoms with van der Waals surface area (Å²) in [5.41, 5.74) is 2.56. The summed E-state index contributed by atoms with van der Waals surface area (Å²) in [7, 11) is -0.567. The SMILES string of the molecule is COCCN(Cc1ccc(-c2cc3nccc(Oc4ccc(NC(=O)Nc5cccc(S(C)(=O)=O)c5)cc4F)c3s2)nc1)C(=O)OC. The van der Waals surface area contributed by atoms with Gasteiger partial charge in [0.1, 0.15) is 5.75 Å². The molecular formula is C32H30FN5O7S2. The van der Waals surface area contributed by atoms with E-state index in [2.05, 4.69) is 20.6 Å². The quantitative estimate of drug-likeness (QED) is 0.158. The topological polar surface area (TPSA) is 149 Å². The van der Waals surface area contributed by atoms with E-state index in [1.54, 1.807) is 25.6 Å². The number of amides is 3. The summed E-state index contributed by atoms with van der Waals surface area (Å²) in [6, 6.07) is 16.3. The first-order valence-electron chi connectivity index (χ1n) is 14.1. The second-order valence-corrected chi connectivity index (χ2v) is 13.3. The normalized spacial score (nSPS) is 11.2. The van der Waals surface area contributed by atoms with E-state index in [0.29, 0.717) is 41.4 Å². The van der Waals surface area contributed by atoms with Gasteiger partial charge in [0.2, 0.25) is 0 Å². The number of rotatable bonds is 11. The fourth-order valence-electron chi connectivity index (χ4n) is 4.45. The number of carbonyl (C=O) groups is 2. The van der Waals surface area contributed by atoms with Crippen LogP contribution in [0.5, 0.6) is 11.5 Å². The van der Waals surface area contributed by atoms with Crippen molar-refractivity contribution in [2.45, 2.75) is 11.4 Å². The summed E-state index contributed by atoms with van der Waals surface area (Å²) in [5, 5.41) is 5.06. The van der Waals surface area contributed by atoms with E-state index >= 15 is 4.39 Å². The average Bonchev–Trinajstić information content (AvgIpc) is 3.49. The molecule has 3 amide bonds. The van der Waals surface area contributed by atoms with Gasteiger partial charge in [0.25, 0.3) is 0 Å². The molecule has 0 aliphatic heterocycles. The van der Waals surface area contributed by atoms with E-state index in [-0.39, 0.29) is 22.0 Å². The molecule has 0 atom stereocenters. The van der Waals surface area contributed by atoms with Gasteiger partial charge in [-0.15, -0.1) is 11.3 Å². The van der Waals surface area contributed by atoms with Gasteiger partial charge in [-0.05, 0) is 48.0 Å². The first kappa shape index (κ1) is 33.2. The van der Waals surface area contributed by atoms with Gasteiger partial charge < -0.3 is 29.7 Å². The second-order valence-electron chi connectivity index (χ2n) is 10.2. The fraction of sp³-hybridized carbons (Fsp3) is 0.188. The zero-order valence-electron chi connectivity index (χ0n) is 25.5. The predicted molar refractivity (Wildman–Crippen MR) is 176 cm³/mol. The summed E-state index contributed by atoms with van der Waals surface area (Å²) in [4.78, 5) is 36.0. The van der Waals surface area contributed by atoms with Crippen molar-refractivity contribution in [3.05, 3.63) is 90.5 Å². The highest BCUT2D eigenvalue weighted by molar-refractivity contribution is 7.90. The zero-order valence-corrected chi connectivity index (χ0v) is 27.2. The van der Waals surface area contributed by atoms with E-state index in [1.807, 2.05) is 18.2 Å². The highest BCUT2D eigenvalue weighted by Gasteiger charge is 2.17. The van der Waals surface area contributed by atoms with E-state index in [0.717, 1.165) is 22.8 Å². The summed E-state index contributed by atoms with van der Waals surface area (Å²) >= 11 is 1.38. The molecular weight excluding hydrogens is 650 g/mol. The minimum absolute atomic E-state index is 0.0537. The van der Waals surface area contributed by atoms with Crippen LogP contribution in [0.15, 0.2) is 84.0 Å². The molecule has 15 heteroatoms. The lowest BCUT2D eigenvalue weighted by molar-refractivity contribution is 0.100. The van der Waals surface area contributed by atoms with Crippen molar-refractivity contribution in [3.8, 4) is 22.1 Å². The molecule has 5 aromatic rings. The van der Waals surface area contributed by atoms with Crippen molar-refractivity contribution in [1.82, 2.24) is 14.9 Å². The van der Waals surface area contributed by atoms with Crippen molar-refractivity contribution in [3.63, 3.8) is 0 Å². The maximum atomic E-state index is 15.1. The molecule has 0 unspecified atom stereocenters. The number of carbonyl (C=O) groups excluding carboxylic acids is 2. The van der Waals surface area contributed by atoms with Crippen LogP contribution in [-0.4, -0.2) is 69.0 Å². The number of ether oxygens (including phenoxy) is 3. The van der Waals surface area contributed by atoms with Crippen LogP contribution in [0.1, 0.15) is 5.56 Å². The zero-order chi connectivity index (χ0) is 33.6. The third-order valence-corrected chi connectivity index (χ3v) is 9.03. The van der Waals surface area contributed by atoms with Crippen molar-refractivity contribution in [2.24, 2.45) is 0 Å². The Morgan fingerprint density at radius 1 is 0.957 bits per heavy atom. The summed E-state index contributed by atoms with van der Waals surface area (Å²) in [6.45, 7) is 1.04. The van der Waals surface area contributed by atoms with E-state index in [1.165, 1.54) is 59.7 Å². The molecule has 0 fully saturated rings. The first-order chi connectivity index (χ1) is 22.5. The highest BCUT2D eigenvalue weighted by atomic mass is 32.2. The fourth-order valence-corrected chi connectivity index (χ4v) is 6.16. The number of urea groups is 1. The standard InChI is InChI=1S/C32H30FN5O7S2/c1-43-14-13-38(32(40)44-2)19-20-7-9-25(35-18-20)29-17-26-30(46-29)28(11-12-34-26)45-27-10-8-22(16-24(27)33)37-31(39)36-21-5-4-6-23(15-21)47(3,41)42/h4-12,15-18H,13-14,19H2,1-3H3,(H2,36,37,39). The number of nitrogens with zero attached hydrogens (tertiary/aromatic N) is 3. The molecule has 0 bridgehead atoms. The number of anilines is 2. The molecule has 0 aliphatic carbocycles. The molecule has 0 saturated carbocycles. The predicted octanol–water partition coefficient (Wildman–Crippen LogP) is 6.55. The van der Waals surface area contributed by atoms with Crippen LogP contribution in [0.25, 0.3) is 20.8 Å². The summed E-state index contributed by atoms with van der Waals surface area (Å²) < 4.78 is 55.2. The molecule has 3 aromatic heterocycles. The maximum Gasteiger partial charge on any atom is 0.409 e. The molecule has 0 saturated heterocycles. The third-order valence-electron chi connectivity index (χ3n) is 6.75. The molecule has 244 valence electrons. The molecule has 2 aromatic carbocycles. The Balaban J connectivity index is 1.27. The van der Waals surface area contributed by atoms with Gasteiger partial charge >= 0.3 is 12.1 Å². The van der Waals surface area contributed by atoms with Crippen LogP contribution < -0.4 is 15.4 Å². The van der Waals surface area contributed by atoms with Gasteiger partial charge in [-0.3, -0.25) is 9.97 Å². The molecule has 47 heavy (non-hydrogen) atoms. The molecule has 3 heterocycles. The lowest BCUT2D eigenvalue weighted by Crippen LogP contribution is -2.33. The van der Waals surface area contributed by atoms with Crippen molar-refractivity contribution in [1.29, 1.82) is 0 Å². The maximum absolute atomic E-state index is 15.1. The minimum atomic E-state index is -3.45. The van der Waals surface area contributed by atoms with Crippen LogP contribution in [0.3, 0.4) is 0 Å². The Morgan fingerprint density at radius 2 is 1.74 bits per heavy atom. The number of aromatic nitrogens is 2. The number of halogens is 1. The number of hydrogen-bond acceptors (Lipinski definition) is 10. The number of fused-ring (bicyclic) bond motifs is 1. The number of sulfone groups is 1. The van der Waals surface area contributed by atoms with Crippen molar-refractivity contribution in [2.75, 3.05) is 44.3 Å². The van der Waals surface area contributed by atoms with Gasteiger partial charge in [-0.2, -0.15) is 0 Å². The van der Waals surface area contributed by atoms with Crippen LogP contribution in [0.4, 0.5) is 25.4 Å².